The number of rotatable bonds is 3. The van der Waals surface area contributed by atoms with Gasteiger partial charge in [0, 0.05) is 24.0 Å². The number of hydrogen-bond acceptors (Lipinski definition) is 4. The molecule has 0 bridgehead atoms. The summed E-state index contributed by atoms with van der Waals surface area (Å²) >= 11 is 9.40. The lowest BCUT2D eigenvalue weighted by Gasteiger charge is -2.11. The quantitative estimate of drug-likeness (QED) is 0.895. The number of aromatic nitrogens is 2. The molecule has 0 saturated heterocycles. The molecular weight excluding hydrogens is 316 g/mol. The van der Waals surface area contributed by atoms with Gasteiger partial charge in [-0.3, -0.25) is 0 Å². The standard InChI is InChI=1S/C12H12BrClN4/c1-7-3-4-8(14)5-10(7)17-11-9(13)6-16-12(15-2)18-11/h3-6H,1-2H3,(H2,15,16,17,18). The van der Waals surface area contributed by atoms with Gasteiger partial charge in [-0.1, -0.05) is 17.7 Å². The van der Waals surface area contributed by atoms with Gasteiger partial charge in [0.15, 0.2) is 0 Å². The van der Waals surface area contributed by atoms with Crippen LogP contribution < -0.4 is 10.6 Å². The Morgan fingerprint density at radius 1 is 1.33 bits per heavy atom. The first-order chi connectivity index (χ1) is 8.60. The van der Waals surface area contributed by atoms with Crippen LogP contribution in [-0.4, -0.2) is 17.0 Å². The van der Waals surface area contributed by atoms with Gasteiger partial charge in [0.2, 0.25) is 5.95 Å². The average Bonchev–Trinajstić information content (AvgIpc) is 2.36. The molecule has 94 valence electrons. The summed E-state index contributed by atoms with van der Waals surface area (Å²) in [6.45, 7) is 2.01. The Morgan fingerprint density at radius 2 is 2.11 bits per heavy atom. The topological polar surface area (TPSA) is 49.8 Å². The van der Waals surface area contributed by atoms with Crippen molar-refractivity contribution in [1.82, 2.24) is 9.97 Å². The average molecular weight is 328 g/mol. The molecule has 0 aliphatic heterocycles. The second-order valence-corrected chi connectivity index (χ2v) is 5.02. The van der Waals surface area contributed by atoms with Crippen molar-refractivity contribution in [2.24, 2.45) is 0 Å². The van der Waals surface area contributed by atoms with Crippen LogP contribution >= 0.6 is 27.5 Å². The van der Waals surface area contributed by atoms with Crippen molar-refractivity contribution in [3.05, 3.63) is 39.5 Å². The minimum Gasteiger partial charge on any atom is -0.357 e. The first-order valence-electron chi connectivity index (χ1n) is 5.33. The van der Waals surface area contributed by atoms with Crippen LogP contribution in [-0.2, 0) is 0 Å². The van der Waals surface area contributed by atoms with Crippen LogP contribution in [0, 0.1) is 6.92 Å². The van der Waals surface area contributed by atoms with Gasteiger partial charge in [0.25, 0.3) is 0 Å². The molecule has 2 N–H and O–H groups in total. The van der Waals surface area contributed by atoms with Crippen LogP contribution in [0.15, 0.2) is 28.9 Å². The van der Waals surface area contributed by atoms with Gasteiger partial charge < -0.3 is 10.6 Å². The van der Waals surface area contributed by atoms with Crippen LogP contribution in [0.1, 0.15) is 5.56 Å². The van der Waals surface area contributed by atoms with Gasteiger partial charge in [-0.2, -0.15) is 4.98 Å². The summed E-state index contributed by atoms with van der Waals surface area (Å²) < 4.78 is 0.792. The second-order valence-electron chi connectivity index (χ2n) is 3.72. The highest BCUT2D eigenvalue weighted by atomic mass is 79.9. The molecule has 6 heteroatoms. The van der Waals surface area contributed by atoms with Gasteiger partial charge in [0.1, 0.15) is 5.82 Å². The summed E-state index contributed by atoms with van der Waals surface area (Å²) in [6, 6.07) is 5.68. The van der Waals surface area contributed by atoms with Crippen molar-refractivity contribution >= 4 is 45.0 Å². The Balaban J connectivity index is 2.36. The molecule has 18 heavy (non-hydrogen) atoms. The number of halogens is 2. The maximum Gasteiger partial charge on any atom is 0.224 e. The molecule has 1 aromatic heterocycles. The van der Waals surface area contributed by atoms with Gasteiger partial charge in [-0.15, -0.1) is 0 Å². The van der Waals surface area contributed by atoms with E-state index in [2.05, 4.69) is 36.5 Å². The number of nitrogens with zero attached hydrogens (tertiary/aromatic N) is 2. The first-order valence-corrected chi connectivity index (χ1v) is 6.50. The van der Waals surface area contributed by atoms with E-state index in [0.29, 0.717) is 16.8 Å². The third-order valence-corrected chi connectivity index (χ3v) is 3.24. The fraction of sp³-hybridized carbons (Fsp3) is 0.167. The summed E-state index contributed by atoms with van der Waals surface area (Å²) in [4.78, 5) is 8.44. The SMILES string of the molecule is CNc1ncc(Br)c(Nc2cc(Cl)ccc2C)n1. The molecule has 0 fully saturated rings. The minimum atomic E-state index is 0.556. The Kier molecular flexibility index (Phi) is 4.04. The van der Waals surface area contributed by atoms with E-state index in [9.17, 15) is 0 Å². The van der Waals surface area contributed by atoms with E-state index in [4.69, 9.17) is 11.6 Å². The molecule has 0 amide bonds. The highest BCUT2D eigenvalue weighted by molar-refractivity contribution is 9.10. The minimum absolute atomic E-state index is 0.556. The molecule has 1 aromatic carbocycles. The lowest BCUT2D eigenvalue weighted by Crippen LogP contribution is -2.02. The first kappa shape index (κ1) is 13.1. The third-order valence-electron chi connectivity index (χ3n) is 2.42. The zero-order chi connectivity index (χ0) is 13.1. The fourth-order valence-corrected chi connectivity index (χ4v) is 1.89. The van der Waals surface area contributed by atoms with E-state index >= 15 is 0 Å². The summed E-state index contributed by atoms with van der Waals surface area (Å²) in [5.41, 5.74) is 2.01. The van der Waals surface area contributed by atoms with Gasteiger partial charge in [-0.05, 0) is 40.5 Å². The van der Waals surface area contributed by atoms with Gasteiger partial charge >= 0.3 is 0 Å². The van der Waals surface area contributed by atoms with Gasteiger partial charge in [-0.25, -0.2) is 4.98 Å². The molecule has 2 aromatic rings. The predicted molar refractivity (Wildman–Crippen MR) is 78.8 cm³/mol. The smallest absolute Gasteiger partial charge is 0.224 e. The molecule has 0 aliphatic rings. The lowest BCUT2D eigenvalue weighted by atomic mass is 10.2. The number of nitrogens with one attached hydrogen (secondary N) is 2. The summed E-state index contributed by atoms with van der Waals surface area (Å²) in [5.74, 6) is 1.25. The van der Waals surface area contributed by atoms with Crippen LogP contribution in [0.3, 0.4) is 0 Å². The largest absolute Gasteiger partial charge is 0.357 e. The molecule has 0 saturated carbocycles. The second kappa shape index (κ2) is 5.54. The lowest BCUT2D eigenvalue weighted by molar-refractivity contribution is 1.14. The predicted octanol–water partition coefficient (Wildman–Crippen LogP) is 3.99. The van der Waals surface area contributed by atoms with Crippen LogP contribution in [0.5, 0.6) is 0 Å². The van der Waals surface area contributed by atoms with Crippen molar-refractivity contribution in [2.45, 2.75) is 6.92 Å². The highest BCUT2D eigenvalue weighted by Crippen LogP contribution is 2.27. The molecule has 0 aliphatic carbocycles. The molecule has 0 unspecified atom stereocenters. The van der Waals surface area contributed by atoms with E-state index in [1.807, 2.05) is 25.1 Å². The van der Waals surface area contributed by atoms with Crippen molar-refractivity contribution < 1.29 is 0 Å². The molecule has 0 radical (unpaired) electrons. The summed E-state index contributed by atoms with van der Waals surface area (Å²) in [5, 5.41) is 6.81. The summed E-state index contributed by atoms with van der Waals surface area (Å²) in [6.07, 6.45) is 1.70. The van der Waals surface area contributed by atoms with Crippen LogP contribution in [0.25, 0.3) is 0 Å². The van der Waals surface area contributed by atoms with Crippen molar-refractivity contribution in [2.75, 3.05) is 17.7 Å². The molecule has 0 spiro atoms. The van der Waals surface area contributed by atoms with Crippen molar-refractivity contribution in [3.8, 4) is 0 Å². The van der Waals surface area contributed by atoms with Gasteiger partial charge in [0.05, 0.1) is 4.47 Å². The molecule has 0 atom stereocenters. The molecule has 2 rings (SSSR count). The Hall–Kier alpha value is -1.33. The number of anilines is 3. The highest BCUT2D eigenvalue weighted by Gasteiger charge is 2.06. The maximum absolute atomic E-state index is 5.98. The van der Waals surface area contributed by atoms with E-state index in [1.54, 1.807) is 13.2 Å². The fourth-order valence-electron chi connectivity index (χ4n) is 1.43. The number of aryl methyl sites for hydroxylation is 1. The Bertz CT molecular complexity index is 574. The molecular formula is C12H12BrClN4. The normalized spacial score (nSPS) is 10.2. The number of benzene rings is 1. The van der Waals surface area contributed by atoms with E-state index < -0.39 is 0 Å². The van der Waals surface area contributed by atoms with Crippen LogP contribution in [0.2, 0.25) is 5.02 Å². The van der Waals surface area contributed by atoms with E-state index in [1.165, 1.54) is 0 Å². The van der Waals surface area contributed by atoms with Crippen molar-refractivity contribution in [3.63, 3.8) is 0 Å². The third kappa shape index (κ3) is 2.91. The maximum atomic E-state index is 5.98. The molecule has 4 nitrogen and oxygen atoms in total. The molecule has 1 heterocycles. The zero-order valence-corrected chi connectivity index (χ0v) is 12.3. The Morgan fingerprint density at radius 3 is 2.83 bits per heavy atom. The summed E-state index contributed by atoms with van der Waals surface area (Å²) in [7, 11) is 1.78. The van der Waals surface area contributed by atoms with Crippen LogP contribution in [0.4, 0.5) is 17.5 Å². The Labute approximate surface area is 119 Å². The van der Waals surface area contributed by atoms with E-state index in [-0.39, 0.29) is 0 Å². The zero-order valence-electron chi connectivity index (χ0n) is 9.96. The number of hydrogen-bond donors (Lipinski definition) is 2. The van der Waals surface area contributed by atoms with Crippen molar-refractivity contribution in [1.29, 1.82) is 0 Å². The van der Waals surface area contributed by atoms with E-state index in [0.717, 1.165) is 15.7 Å². The monoisotopic (exact) mass is 326 g/mol.